The van der Waals surface area contributed by atoms with Gasteiger partial charge in [-0.2, -0.15) is 4.98 Å². The molecule has 228 valence electrons. The van der Waals surface area contributed by atoms with Gasteiger partial charge in [0, 0.05) is 34.9 Å². The molecular weight excluding hydrogens is 619 g/mol. The van der Waals surface area contributed by atoms with Crippen molar-refractivity contribution in [3.63, 3.8) is 0 Å². The van der Waals surface area contributed by atoms with E-state index in [9.17, 15) is 9.59 Å². The van der Waals surface area contributed by atoms with E-state index < -0.39 is 30.4 Å². The summed E-state index contributed by atoms with van der Waals surface area (Å²) in [5, 5.41) is 0.996. The van der Waals surface area contributed by atoms with Crippen LogP contribution in [-0.2, 0) is 20.8 Å². The molecule has 1 aliphatic rings. The first kappa shape index (κ1) is 30.3. The molecule has 0 bridgehead atoms. The summed E-state index contributed by atoms with van der Waals surface area (Å²) in [7, 11) is 0. The zero-order chi connectivity index (χ0) is 31.2. The van der Waals surface area contributed by atoms with Gasteiger partial charge in [0.25, 0.3) is 0 Å². The molecular formula is C33H26Cl2N4O6. The second kappa shape index (κ2) is 13.9. The second-order valence-electron chi connectivity index (χ2n) is 10.1. The van der Waals surface area contributed by atoms with Crippen molar-refractivity contribution in [3.05, 3.63) is 130 Å². The Labute approximate surface area is 268 Å². The fourth-order valence-corrected chi connectivity index (χ4v) is 4.92. The van der Waals surface area contributed by atoms with Crippen molar-refractivity contribution in [2.75, 3.05) is 6.61 Å². The quantitative estimate of drug-likeness (QED) is 0.155. The number of nitrogens with zero attached hydrogens (tertiary/aromatic N) is 4. The number of benzene rings is 3. The van der Waals surface area contributed by atoms with E-state index in [-0.39, 0.29) is 13.0 Å². The molecule has 0 saturated carbocycles. The van der Waals surface area contributed by atoms with Crippen molar-refractivity contribution < 1.29 is 28.5 Å². The SMILES string of the molecule is O=C(OC[C@H]1O[C@@H](n2cnc(-c3nccc(OCc4ccccc4)n3)c2)CC1OC(=O)c1ccc(Cl)cc1)c1ccc(Cl)cc1. The minimum atomic E-state index is -0.751. The molecule has 2 aromatic heterocycles. The van der Waals surface area contributed by atoms with Crippen LogP contribution < -0.4 is 4.74 Å². The lowest BCUT2D eigenvalue weighted by Crippen LogP contribution is -2.32. The van der Waals surface area contributed by atoms with Crippen LogP contribution in [0.1, 0.15) is 38.9 Å². The van der Waals surface area contributed by atoms with Gasteiger partial charge in [-0.25, -0.2) is 19.6 Å². The first-order valence-electron chi connectivity index (χ1n) is 14.0. The standard InChI is InChI=1S/C33H26Cl2N4O6/c34-24-10-6-22(7-11-24)32(40)43-19-28-27(45-33(41)23-8-12-25(35)13-9-23)16-30(44-28)39-17-26(37-20-39)31-36-15-14-29(38-31)42-18-21-4-2-1-3-5-21/h1-15,17,20,27-28,30H,16,18-19H2/t27?,28-,30-/m1/s1. The van der Waals surface area contributed by atoms with Gasteiger partial charge in [-0.1, -0.05) is 53.5 Å². The molecule has 1 unspecified atom stereocenters. The van der Waals surface area contributed by atoms with Crippen LogP contribution in [0.25, 0.3) is 11.5 Å². The number of rotatable bonds is 10. The summed E-state index contributed by atoms with van der Waals surface area (Å²) in [6, 6.07) is 24.1. The van der Waals surface area contributed by atoms with Crippen LogP contribution in [0.15, 0.2) is 104 Å². The smallest absolute Gasteiger partial charge is 0.338 e. The summed E-state index contributed by atoms with van der Waals surface area (Å²) in [5.74, 6) is -0.330. The van der Waals surface area contributed by atoms with Gasteiger partial charge in [-0.15, -0.1) is 0 Å². The molecule has 0 radical (unpaired) electrons. The van der Waals surface area contributed by atoms with Gasteiger partial charge in [0.15, 0.2) is 5.82 Å². The maximum absolute atomic E-state index is 13.0. The molecule has 10 nitrogen and oxygen atoms in total. The van der Waals surface area contributed by atoms with Gasteiger partial charge < -0.3 is 23.5 Å². The van der Waals surface area contributed by atoms with Crippen LogP contribution in [0.4, 0.5) is 0 Å². The highest BCUT2D eigenvalue weighted by Crippen LogP contribution is 2.33. The lowest BCUT2D eigenvalue weighted by molar-refractivity contribution is -0.0571. The molecule has 0 aliphatic carbocycles. The largest absolute Gasteiger partial charge is 0.473 e. The minimum absolute atomic E-state index is 0.151. The van der Waals surface area contributed by atoms with Gasteiger partial charge in [-0.05, 0) is 54.1 Å². The van der Waals surface area contributed by atoms with Gasteiger partial charge in [-0.3, -0.25) is 0 Å². The fraction of sp³-hybridized carbons (Fsp3) is 0.182. The summed E-state index contributed by atoms with van der Waals surface area (Å²) >= 11 is 11.9. The van der Waals surface area contributed by atoms with Gasteiger partial charge in [0.2, 0.25) is 5.88 Å². The molecule has 1 aliphatic heterocycles. The lowest BCUT2D eigenvalue weighted by Gasteiger charge is -2.19. The Bertz CT molecular complexity index is 1770. The highest BCUT2D eigenvalue weighted by molar-refractivity contribution is 6.31. The third-order valence-corrected chi connectivity index (χ3v) is 7.50. The first-order chi connectivity index (χ1) is 21.9. The maximum atomic E-state index is 13.0. The van der Waals surface area contributed by atoms with E-state index in [2.05, 4.69) is 15.0 Å². The van der Waals surface area contributed by atoms with E-state index in [1.54, 1.807) is 77.9 Å². The van der Waals surface area contributed by atoms with Crippen molar-refractivity contribution in [1.29, 1.82) is 0 Å². The third-order valence-electron chi connectivity index (χ3n) is 7.00. The van der Waals surface area contributed by atoms with Crippen LogP contribution in [0.2, 0.25) is 10.0 Å². The van der Waals surface area contributed by atoms with Crippen LogP contribution in [-0.4, -0.2) is 50.3 Å². The number of esters is 2. The lowest BCUT2D eigenvalue weighted by atomic mass is 10.1. The van der Waals surface area contributed by atoms with E-state index in [1.807, 2.05) is 30.3 Å². The van der Waals surface area contributed by atoms with Crippen LogP contribution in [0.3, 0.4) is 0 Å². The number of halogens is 2. The number of hydrogen-bond donors (Lipinski definition) is 0. The summed E-state index contributed by atoms with van der Waals surface area (Å²) in [5.41, 5.74) is 2.17. The van der Waals surface area contributed by atoms with Crippen molar-refractivity contribution >= 4 is 35.1 Å². The molecule has 1 fully saturated rings. The Morgan fingerprint density at radius 3 is 2.27 bits per heavy atom. The van der Waals surface area contributed by atoms with E-state index >= 15 is 0 Å². The average Bonchev–Trinajstić information content (AvgIpc) is 3.72. The van der Waals surface area contributed by atoms with Crippen molar-refractivity contribution in [1.82, 2.24) is 19.5 Å². The zero-order valence-electron chi connectivity index (χ0n) is 23.7. The molecule has 1 saturated heterocycles. The Morgan fingerprint density at radius 2 is 1.56 bits per heavy atom. The third kappa shape index (κ3) is 7.66. The molecule has 0 spiro atoms. The second-order valence-corrected chi connectivity index (χ2v) is 11.0. The molecule has 3 heterocycles. The topological polar surface area (TPSA) is 115 Å². The minimum Gasteiger partial charge on any atom is -0.473 e. The predicted molar refractivity (Wildman–Crippen MR) is 165 cm³/mol. The number of imidazole rings is 1. The van der Waals surface area contributed by atoms with E-state index in [1.165, 1.54) is 0 Å². The molecule has 0 N–H and O–H groups in total. The van der Waals surface area contributed by atoms with Gasteiger partial charge in [0.05, 0.1) is 17.5 Å². The molecule has 6 rings (SSSR count). The number of ether oxygens (including phenoxy) is 4. The van der Waals surface area contributed by atoms with Crippen molar-refractivity contribution in [2.24, 2.45) is 0 Å². The number of carbonyl (C=O) groups excluding carboxylic acids is 2. The predicted octanol–water partition coefficient (Wildman–Crippen LogP) is 6.60. The average molecular weight is 645 g/mol. The summed E-state index contributed by atoms with van der Waals surface area (Å²) < 4.78 is 25.2. The molecule has 0 amide bonds. The van der Waals surface area contributed by atoms with Crippen LogP contribution in [0, 0.1) is 0 Å². The van der Waals surface area contributed by atoms with Gasteiger partial charge in [0.1, 0.15) is 37.3 Å². The Hall–Kier alpha value is -4.77. The normalized spacial score (nSPS) is 17.5. The van der Waals surface area contributed by atoms with Gasteiger partial charge >= 0.3 is 11.9 Å². The highest BCUT2D eigenvalue weighted by Gasteiger charge is 2.40. The number of carbonyl (C=O) groups is 2. The Kier molecular flexibility index (Phi) is 9.35. The van der Waals surface area contributed by atoms with E-state index in [4.69, 9.17) is 42.1 Å². The summed E-state index contributed by atoms with van der Waals surface area (Å²) in [6.07, 6.45) is 3.14. The van der Waals surface area contributed by atoms with E-state index in [0.717, 1.165) is 5.56 Å². The highest BCUT2D eigenvalue weighted by atomic mass is 35.5. The fourth-order valence-electron chi connectivity index (χ4n) is 4.66. The molecule has 5 aromatic rings. The number of aromatic nitrogens is 4. The first-order valence-corrected chi connectivity index (χ1v) is 14.8. The molecule has 3 atom stereocenters. The van der Waals surface area contributed by atoms with E-state index in [0.29, 0.717) is 45.2 Å². The number of hydrogen-bond acceptors (Lipinski definition) is 9. The van der Waals surface area contributed by atoms with Crippen molar-refractivity contribution in [2.45, 2.75) is 31.5 Å². The zero-order valence-corrected chi connectivity index (χ0v) is 25.2. The summed E-state index contributed by atoms with van der Waals surface area (Å²) in [4.78, 5) is 39.0. The monoisotopic (exact) mass is 644 g/mol. The molecule has 45 heavy (non-hydrogen) atoms. The maximum Gasteiger partial charge on any atom is 0.338 e. The van der Waals surface area contributed by atoms with Crippen LogP contribution in [0.5, 0.6) is 5.88 Å². The summed E-state index contributed by atoms with van der Waals surface area (Å²) in [6.45, 7) is 0.212. The Balaban J connectivity index is 1.15. The van der Waals surface area contributed by atoms with Crippen LogP contribution >= 0.6 is 23.2 Å². The Morgan fingerprint density at radius 1 is 0.867 bits per heavy atom. The molecule has 12 heteroatoms. The molecule has 3 aromatic carbocycles. The van der Waals surface area contributed by atoms with Crippen molar-refractivity contribution in [3.8, 4) is 17.4 Å².